The molecule has 0 aliphatic carbocycles. The summed E-state index contributed by atoms with van der Waals surface area (Å²) >= 11 is 0. The van der Waals surface area contributed by atoms with Crippen LogP contribution < -0.4 is 10.2 Å². The number of nitrogens with one attached hydrogen (secondary N) is 2. The molecule has 8 heteroatoms. The third kappa shape index (κ3) is 4.48. The van der Waals surface area contributed by atoms with Gasteiger partial charge in [0.05, 0.1) is 11.1 Å². The molecule has 2 N–H and O–H groups in total. The molecule has 2 amide bonds. The summed E-state index contributed by atoms with van der Waals surface area (Å²) in [5.74, 6) is 0.315. The van der Waals surface area contributed by atoms with Crippen molar-refractivity contribution < 1.29 is 14.0 Å². The first-order valence-corrected chi connectivity index (χ1v) is 13.0. The zero-order chi connectivity index (χ0) is 27.1. The second-order valence-electron chi connectivity index (χ2n) is 9.88. The van der Waals surface area contributed by atoms with Gasteiger partial charge in [-0.2, -0.15) is 0 Å². The molecule has 2 aromatic carbocycles. The summed E-state index contributed by atoms with van der Waals surface area (Å²) in [7, 11) is 0. The minimum absolute atomic E-state index is 0.0247. The number of amides is 2. The molecule has 2 aliphatic heterocycles. The lowest BCUT2D eigenvalue weighted by Gasteiger charge is -2.35. The molecule has 0 radical (unpaired) electrons. The molecule has 0 atom stereocenters. The quantitative estimate of drug-likeness (QED) is 0.358. The lowest BCUT2D eigenvalue weighted by molar-refractivity contribution is -0.110. The van der Waals surface area contributed by atoms with Crippen LogP contribution in [0, 0.1) is 19.7 Å². The SMILES string of the molecule is Cc1[nH]c(/C=C2\C(=O)Nc3cccc(-c4cccc(F)c4)c32)c(C)c1C(=O)N1CCN(c2ccccn2)CC1. The van der Waals surface area contributed by atoms with E-state index in [0.29, 0.717) is 54.3 Å². The average molecular weight is 522 g/mol. The fourth-order valence-corrected chi connectivity index (χ4v) is 5.51. The highest BCUT2D eigenvalue weighted by Gasteiger charge is 2.30. The van der Waals surface area contributed by atoms with E-state index in [0.717, 1.165) is 28.2 Å². The number of H-pyrrole nitrogens is 1. The first-order chi connectivity index (χ1) is 18.9. The van der Waals surface area contributed by atoms with Crippen molar-refractivity contribution in [2.75, 3.05) is 36.4 Å². The molecule has 2 aliphatic rings. The summed E-state index contributed by atoms with van der Waals surface area (Å²) in [6, 6.07) is 17.7. The largest absolute Gasteiger partial charge is 0.358 e. The molecular formula is C31H28FN5O2. The van der Waals surface area contributed by atoms with E-state index >= 15 is 0 Å². The third-order valence-electron chi connectivity index (χ3n) is 7.48. The highest BCUT2D eigenvalue weighted by atomic mass is 19.1. The van der Waals surface area contributed by atoms with Gasteiger partial charge in [0, 0.05) is 55.0 Å². The summed E-state index contributed by atoms with van der Waals surface area (Å²) in [6.07, 6.45) is 3.57. The van der Waals surface area contributed by atoms with Crippen molar-refractivity contribution in [3.63, 3.8) is 0 Å². The van der Waals surface area contributed by atoms with Gasteiger partial charge in [-0.25, -0.2) is 9.37 Å². The van der Waals surface area contributed by atoms with Gasteiger partial charge in [-0.3, -0.25) is 9.59 Å². The predicted molar refractivity (Wildman–Crippen MR) is 151 cm³/mol. The van der Waals surface area contributed by atoms with Gasteiger partial charge in [0.2, 0.25) is 0 Å². The number of hydrogen-bond acceptors (Lipinski definition) is 4. The van der Waals surface area contributed by atoms with E-state index in [-0.39, 0.29) is 17.6 Å². The second kappa shape index (κ2) is 9.87. The Morgan fingerprint density at radius 1 is 1.00 bits per heavy atom. The predicted octanol–water partition coefficient (Wildman–Crippen LogP) is 5.29. The summed E-state index contributed by atoms with van der Waals surface area (Å²) in [4.78, 5) is 38.5. The van der Waals surface area contributed by atoms with Gasteiger partial charge in [0.25, 0.3) is 11.8 Å². The number of rotatable bonds is 4. The van der Waals surface area contributed by atoms with E-state index in [1.165, 1.54) is 12.1 Å². The van der Waals surface area contributed by atoms with Crippen molar-refractivity contribution in [3.8, 4) is 11.1 Å². The summed E-state index contributed by atoms with van der Waals surface area (Å²) in [5.41, 5.74) is 6.20. The molecule has 1 fully saturated rings. The fourth-order valence-electron chi connectivity index (χ4n) is 5.51. The van der Waals surface area contributed by atoms with Crippen LogP contribution in [0.25, 0.3) is 22.8 Å². The van der Waals surface area contributed by atoms with Crippen molar-refractivity contribution in [3.05, 3.63) is 101 Å². The number of aryl methyl sites for hydroxylation is 1. The van der Waals surface area contributed by atoms with Crippen LogP contribution in [0.3, 0.4) is 0 Å². The molecule has 7 nitrogen and oxygen atoms in total. The average Bonchev–Trinajstić information content (AvgIpc) is 3.42. The zero-order valence-electron chi connectivity index (χ0n) is 21.8. The Morgan fingerprint density at radius 3 is 2.54 bits per heavy atom. The summed E-state index contributed by atoms with van der Waals surface area (Å²) in [5, 5.41) is 2.93. The van der Waals surface area contributed by atoms with Gasteiger partial charge in [0.15, 0.2) is 0 Å². The number of benzene rings is 2. The van der Waals surface area contributed by atoms with Crippen LogP contribution in [0.4, 0.5) is 15.9 Å². The number of aromatic nitrogens is 2. The Morgan fingerprint density at radius 2 is 1.79 bits per heavy atom. The minimum Gasteiger partial charge on any atom is -0.358 e. The van der Waals surface area contributed by atoms with Crippen molar-refractivity contribution in [1.29, 1.82) is 0 Å². The first kappa shape index (κ1) is 24.6. The normalized spacial score (nSPS) is 16.0. The van der Waals surface area contributed by atoms with E-state index in [1.54, 1.807) is 18.3 Å². The van der Waals surface area contributed by atoms with E-state index in [2.05, 4.69) is 20.2 Å². The Balaban J connectivity index is 1.30. The Kier molecular flexibility index (Phi) is 6.23. The van der Waals surface area contributed by atoms with Gasteiger partial charge >= 0.3 is 0 Å². The topological polar surface area (TPSA) is 81.3 Å². The number of aromatic amines is 1. The van der Waals surface area contributed by atoms with Crippen LogP contribution >= 0.6 is 0 Å². The maximum Gasteiger partial charge on any atom is 0.256 e. The van der Waals surface area contributed by atoms with Crippen molar-refractivity contribution in [1.82, 2.24) is 14.9 Å². The van der Waals surface area contributed by atoms with Gasteiger partial charge in [0.1, 0.15) is 11.6 Å². The van der Waals surface area contributed by atoms with E-state index < -0.39 is 0 Å². The molecule has 0 unspecified atom stereocenters. The molecular weight excluding hydrogens is 493 g/mol. The zero-order valence-corrected chi connectivity index (χ0v) is 21.8. The number of anilines is 2. The number of halogens is 1. The monoisotopic (exact) mass is 521 g/mol. The molecule has 39 heavy (non-hydrogen) atoms. The standard InChI is InChI=1S/C31H28FN5O2/c1-19-26(18-24-29-23(21-7-5-8-22(32)17-21)9-6-10-25(29)35-30(24)38)34-20(2)28(19)31(39)37-15-13-36(14-16-37)27-11-3-4-12-33-27/h3-12,17-18,34H,13-16H2,1-2H3,(H,35,38)/b24-18-. The smallest absolute Gasteiger partial charge is 0.256 e. The summed E-state index contributed by atoms with van der Waals surface area (Å²) in [6.45, 7) is 6.40. The number of nitrogens with zero attached hydrogens (tertiary/aromatic N) is 3. The van der Waals surface area contributed by atoms with Crippen LogP contribution in [0.1, 0.15) is 32.9 Å². The van der Waals surface area contributed by atoms with Crippen LogP contribution in [-0.2, 0) is 4.79 Å². The Bertz CT molecular complexity index is 1620. The lowest BCUT2D eigenvalue weighted by atomic mass is 9.94. The number of hydrogen-bond donors (Lipinski definition) is 2. The number of carbonyl (C=O) groups excluding carboxylic acids is 2. The van der Waals surface area contributed by atoms with Crippen LogP contribution in [0.15, 0.2) is 66.9 Å². The van der Waals surface area contributed by atoms with Crippen LogP contribution in [-0.4, -0.2) is 52.9 Å². The van der Waals surface area contributed by atoms with Gasteiger partial charge in [-0.15, -0.1) is 0 Å². The van der Waals surface area contributed by atoms with Crippen molar-refractivity contribution in [2.45, 2.75) is 13.8 Å². The Hall–Kier alpha value is -4.72. The Labute approximate surface area is 226 Å². The van der Waals surface area contributed by atoms with E-state index in [9.17, 15) is 14.0 Å². The molecule has 0 bridgehead atoms. The molecule has 1 saturated heterocycles. The van der Waals surface area contributed by atoms with Gasteiger partial charge in [-0.1, -0.05) is 30.3 Å². The number of fused-ring (bicyclic) bond motifs is 1. The van der Waals surface area contributed by atoms with Gasteiger partial charge in [-0.05, 0) is 66.9 Å². The van der Waals surface area contributed by atoms with E-state index in [4.69, 9.17) is 0 Å². The van der Waals surface area contributed by atoms with E-state index in [1.807, 2.05) is 61.2 Å². The molecule has 0 saturated carbocycles. The molecule has 0 spiro atoms. The maximum atomic E-state index is 14.0. The lowest BCUT2D eigenvalue weighted by Crippen LogP contribution is -2.49. The number of piperazine rings is 1. The van der Waals surface area contributed by atoms with Crippen LogP contribution in [0.5, 0.6) is 0 Å². The minimum atomic E-state index is -0.340. The summed E-state index contributed by atoms with van der Waals surface area (Å²) < 4.78 is 14.0. The number of carbonyl (C=O) groups is 2. The molecule has 6 rings (SSSR count). The second-order valence-corrected chi connectivity index (χ2v) is 9.88. The van der Waals surface area contributed by atoms with Crippen molar-refractivity contribution in [2.24, 2.45) is 0 Å². The fraction of sp³-hybridized carbons (Fsp3) is 0.194. The highest BCUT2D eigenvalue weighted by Crippen LogP contribution is 2.41. The molecule has 196 valence electrons. The molecule has 2 aromatic heterocycles. The molecule has 4 aromatic rings. The maximum absolute atomic E-state index is 14.0. The van der Waals surface area contributed by atoms with Gasteiger partial charge < -0.3 is 20.1 Å². The van der Waals surface area contributed by atoms with Crippen molar-refractivity contribution >= 4 is 35.0 Å². The highest BCUT2D eigenvalue weighted by molar-refractivity contribution is 6.36. The number of pyridine rings is 1. The first-order valence-electron chi connectivity index (χ1n) is 13.0. The molecule has 4 heterocycles. The third-order valence-corrected chi connectivity index (χ3v) is 7.48. The van der Waals surface area contributed by atoms with Crippen LogP contribution in [0.2, 0.25) is 0 Å².